The van der Waals surface area contributed by atoms with E-state index in [0.29, 0.717) is 17.7 Å². The van der Waals surface area contributed by atoms with Gasteiger partial charge in [-0.15, -0.1) is 0 Å². The molecule has 3 rings (SSSR count). The Bertz CT molecular complexity index is 767. The first kappa shape index (κ1) is 15.1. The van der Waals surface area contributed by atoms with Crippen molar-refractivity contribution in [2.45, 2.75) is 19.4 Å². The molecule has 5 nitrogen and oxygen atoms in total. The molecule has 1 N–H and O–H groups in total. The smallest absolute Gasteiger partial charge is 0.329 e. The van der Waals surface area contributed by atoms with Gasteiger partial charge in [0.15, 0.2) is 0 Å². The zero-order chi connectivity index (χ0) is 16.6. The summed E-state index contributed by atoms with van der Waals surface area (Å²) in [6, 6.07) is 11.3. The second-order valence-corrected chi connectivity index (χ2v) is 5.60. The van der Waals surface area contributed by atoms with Crippen LogP contribution in [0.4, 0.5) is 5.69 Å². The molecule has 1 heterocycles. The molecule has 1 amide bonds. The highest BCUT2D eigenvalue weighted by Gasteiger charge is 2.38. The Balaban J connectivity index is 2.11. The Labute approximate surface area is 134 Å². The summed E-state index contributed by atoms with van der Waals surface area (Å²) in [5, 5.41) is 9.66. The summed E-state index contributed by atoms with van der Waals surface area (Å²) in [7, 11) is 1.31. The van der Waals surface area contributed by atoms with Crippen molar-refractivity contribution in [3.63, 3.8) is 0 Å². The number of fused-ring (bicyclic) bond motifs is 1. The van der Waals surface area contributed by atoms with Gasteiger partial charge in [-0.2, -0.15) is 0 Å². The Kier molecular flexibility index (Phi) is 3.78. The Morgan fingerprint density at radius 2 is 1.91 bits per heavy atom. The molecule has 0 spiro atoms. The molecule has 23 heavy (non-hydrogen) atoms. The Morgan fingerprint density at radius 1 is 1.22 bits per heavy atom. The van der Waals surface area contributed by atoms with Gasteiger partial charge in [-0.25, -0.2) is 4.79 Å². The molecule has 0 fully saturated rings. The molecule has 2 aromatic rings. The molecule has 1 aliphatic rings. The van der Waals surface area contributed by atoms with Crippen LogP contribution in [0.25, 0.3) is 0 Å². The van der Waals surface area contributed by atoms with Crippen LogP contribution in [-0.2, 0) is 16.0 Å². The van der Waals surface area contributed by atoms with E-state index in [1.165, 1.54) is 24.1 Å². The molecule has 0 aromatic heterocycles. The molecule has 0 aliphatic carbocycles. The van der Waals surface area contributed by atoms with E-state index in [0.717, 1.165) is 11.1 Å². The molecule has 0 radical (unpaired) electrons. The molecular formula is C18H17NO4. The topological polar surface area (TPSA) is 66.8 Å². The standard InChI is InChI=1S/C18H17NO4/c1-11-3-6-13(7-4-11)19-16(18(22)23-2)9-12-5-8-14(20)10-15(12)17(19)21/h3-8,10,16,20H,9H2,1-2H3. The molecule has 1 aliphatic heterocycles. The highest BCUT2D eigenvalue weighted by atomic mass is 16.5. The van der Waals surface area contributed by atoms with Crippen molar-refractivity contribution in [1.82, 2.24) is 0 Å². The summed E-state index contributed by atoms with van der Waals surface area (Å²) in [5.74, 6) is -0.753. The minimum Gasteiger partial charge on any atom is -0.508 e. The third-order valence-corrected chi connectivity index (χ3v) is 4.05. The lowest BCUT2D eigenvalue weighted by atomic mass is 9.92. The fourth-order valence-corrected chi connectivity index (χ4v) is 2.84. The second kappa shape index (κ2) is 5.76. The number of carbonyl (C=O) groups excluding carboxylic acids is 2. The number of hydrogen-bond acceptors (Lipinski definition) is 4. The van der Waals surface area contributed by atoms with Gasteiger partial charge in [0.2, 0.25) is 0 Å². The number of carbonyl (C=O) groups is 2. The lowest BCUT2D eigenvalue weighted by molar-refractivity contribution is -0.142. The summed E-state index contributed by atoms with van der Waals surface area (Å²) in [6.45, 7) is 1.95. The van der Waals surface area contributed by atoms with Gasteiger partial charge in [0, 0.05) is 17.7 Å². The van der Waals surface area contributed by atoms with Gasteiger partial charge in [0.1, 0.15) is 11.8 Å². The predicted octanol–water partition coefficient (Wildman–Crippen LogP) is 2.45. The molecular weight excluding hydrogens is 294 g/mol. The number of hydrogen-bond donors (Lipinski definition) is 1. The van der Waals surface area contributed by atoms with E-state index in [1.54, 1.807) is 18.2 Å². The highest BCUT2D eigenvalue weighted by Crippen LogP contribution is 2.31. The highest BCUT2D eigenvalue weighted by molar-refractivity contribution is 6.12. The first-order valence-electron chi connectivity index (χ1n) is 7.31. The number of aryl methyl sites for hydroxylation is 1. The number of rotatable bonds is 2. The maximum absolute atomic E-state index is 12.9. The number of benzene rings is 2. The average molecular weight is 311 g/mol. The van der Waals surface area contributed by atoms with Gasteiger partial charge < -0.3 is 9.84 Å². The van der Waals surface area contributed by atoms with Crippen LogP contribution in [0.1, 0.15) is 21.5 Å². The third-order valence-electron chi connectivity index (χ3n) is 4.05. The molecule has 1 atom stereocenters. The summed E-state index contributed by atoms with van der Waals surface area (Å²) in [6.07, 6.45) is 0.349. The van der Waals surface area contributed by atoms with Gasteiger partial charge in [0.25, 0.3) is 5.91 Å². The van der Waals surface area contributed by atoms with Crippen LogP contribution in [0.2, 0.25) is 0 Å². The van der Waals surface area contributed by atoms with Crippen LogP contribution in [-0.4, -0.2) is 30.1 Å². The SMILES string of the molecule is COC(=O)C1Cc2ccc(O)cc2C(=O)N1c1ccc(C)cc1. The summed E-state index contributed by atoms with van der Waals surface area (Å²) < 4.78 is 4.87. The summed E-state index contributed by atoms with van der Waals surface area (Å²) >= 11 is 0. The van der Waals surface area contributed by atoms with Gasteiger partial charge in [0.05, 0.1) is 7.11 Å². The zero-order valence-corrected chi connectivity index (χ0v) is 12.9. The third kappa shape index (κ3) is 2.65. The molecule has 0 saturated heterocycles. The van der Waals surface area contributed by atoms with Crippen LogP contribution in [0, 0.1) is 6.92 Å². The van der Waals surface area contributed by atoms with Crippen molar-refractivity contribution in [3.8, 4) is 5.75 Å². The van der Waals surface area contributed by atoms with E-state index in [2.05, 4.69) is 0 Å². The minimum absolute atomic E-state index is 0.0254. The summed E-state index contributed by atoms with van der Waals surface area (Å²) in [5.41, 5.74) is 2.83. The predicted molar refractivity (Wildman–Crippen MR) is 85.6 cm³/mol. The van der Waals surface area contributed by atoms with E-state index in [4.69, 9.17) is 4.74 Å². The van der Waals surface area contributed by atoms with Gasteiger partial charge in [-0.3, -0.25) is 9.69 Å². The van der Waals surface area contributed by atoms with Crippen molar-refractivity contribution in [2.75, 3.05) is 12.0 Å². The minimum atomic E-state index is -0.716. The average Bonchev–Trinajstić information content (AvgIpc) is 2.55. The first-order valence-corrected chi connectivity index (χ1v) is 7.31. The monoisotopic (exact) mass is 311 g/mol. The molecule has 5 heteroatoms. The van der Waals surface area contributed by atoms with Crippen LogP contribution in [0.15, 0.2) is 42.5 Å². The Hall–Kier alpha value is -2.82. The molecule has 2 aromatic carbocycles. The number of phenolic OH excluding ortho intramolecular Hbond substituents is 1. The fraction of sp³-hybridized carbons (Fsp3) is 0.222. The van der Waals surface area contributed by atoms with Gasteiger partial charge in [-0.05, 0) is 36.8 Å². The van der Waals surface area contributed by atoms with E-state index >= 15 is 0 Å². The number of ether oxygens (including phenoxy) is 1. The van der Waals surface area contributed by atoms with Gasteiger partial charge >= 0.3 is 5.97 Å². The normalized spacial score (nSPS) is 16.9. The molecule has 0 saturated carbocycles. The Morgan fingerprint density at radius 3 is 2.57 bits per heavy atom. The lowest BCUT2D eigenvalue weighted by Crippen LogP contribution is -2.50. The van der Waals surface area contributed by atoms with Crippen molar-refractivity contribution in [1.29, 1.82) is 0 Å². The van der Waals surface area contributed by atoms with Crippen molar-refractivity contribution in [2.24, 2.45) is 0 Å². The van der Waals surface area contributed by atoms with E-state index in [9.17, 15) is 14.7 Å². The van der Waals surface area contributed by atoms with Crippen molar-refractivity contribution < 1.29 is 19.4 Å². The molecule has 0 bridgehead atoms. The number of anilines is 1. The van der Waals surface area contributed by atoms with E-state index < -0.39 is 12.0 Å². The maximum atomic E-state index is 12.9. The number of nitrogens with zero attached hydrogens (tertiary/aromatic N) is 1. The summed E-state index contributed by atoms with van der Waals surface area (Å²) in [4.78, 5) is 26.5. The fourth-order valence-electron chi connectivity index (χ4n) is 2.84. The molecule has 1 unspecified atom stereocenters. The van der Waals surface area contributed by atoms with E-state index in [1.807, 2.05) is 19.1 Å². The van der Waals surface area contributed by atoms with Crippen LogP contribution in [0.3, 0.4) is 0 Å². The first-order chi connectivity index (χ1) is 11.0. The quantitative estimate of drug-likeness (QED) is 0.865. The number of phenols is 1. The number of amides is 1. The number of aromatic hydroxyl groups is 1. The van der Waals surface area contributed by atoms with Crippen LogP contribution < -0.4 is 4.90 Å². The maximum Gasteiger partial charge on any atom is 0.329 e. The number of methoxy groups -OCH3 is 1. The van der Waals surface area contributed by atoms with E-state index in [-0.39, 0.29) is 11.7 Å². The van der Waals surface area contributed by atoms with Crippen LogP contribution >= 0.6 is 0 Å². The molecule has 118 valence electrons. The lowest BCUT2D eigenvalue weighted by Gasteiger charge is -2.35. The van der Waals surface area contributed by atoms with Crippen molar-refractivity contribution >= 4 is 17.6 Å². The number of esters is 1. The largest absolute Gasteiger partial charge is 0.508 e. The second-order valence-electron chi connectivity index (χ2n) is 5.60. The zero-order valence-electron chi connectivity index (χ0n) is 12.9. The van der Waals surface area contributed by atoms with Crippen LogP contribution in [0.5, 0.6) is 5.75 Å². The van der Waals surface area contributed by atoms with Crippen molar-refractivity contribution in [3.05, 3.63) is 59.2 Å². The van der Waals surface area contributed by atoms with Gasteiger partial charge in [-0.1, -0.05) is 23.8 Å².